The van der Waals surface area contributed by atoms with Crippen LogP contribution in [0.4, 0.5) is 5.88 Å². The van der Waals surface area contributed by atoms with Crippen molar-refractivity contribution in [2.75, 3.05) is 0 Å². The quantitative estimate of drug-likeness (QED) is 0.187. The van der Waals surface area contributed by atoms with E-state index in [9.17, 15) is 4.79 Å². The summed E-state index contributed by atoms with van der Waals surface area (Å²) >= 11 is 0. The first-order valence-corrected chi connectivity index (χ1v) is 10.3. The Morgan fingerprint density at radius 1 is 0.875 bits per heavy atom. The maximum absolute atomic E-state index is 11.6. The first-order chi connectivity index (χ1) is 15.6. The second-order valence-electron chi connectivity index (χ2n) is 7.37. The van der Waals surface area contributed by atoms with Gasteiger partial charge in [-0.2, -0.15) is 0 Å². The molecule has 0 fully saturated rings. The number of aliphatic imine (C=N–C) groups is 1. The van der Waals surface area contributed by atoms with E-state index in [2.05, 4.69) is 4.99 Å². The molecule has 0 aliphatic carbocycles. The van der Waals surface area contributed by atoms with Gasteiger partial charge in [0.05, 0.1) is 6.21 Å². The molecule has 0 amide bonds. The van der Waals surface area contributed by atoms with Crippen LogP contribution in [0.25, 0.3) is 28.5 Å². The van der Waals surface area contributed by atoms with Gasteiger partial charge in [-0.05, 0) is 30.2 Å². The first-order valence-electron chi connectivity index (χ1n) is 10.3. The van der Waals surface area contributed by atoms with E-state index in [1.807, 2.05) is 97.9 Å². The van der Waals surface area contributed by atoms with Crippen LogP contribution in [0.1, 0.15) is 18.1 Å². The summed E-state index contributed by atoms with van der Waals surface area (Å²) in [7, 11) is 0. The first kappa shape index (κ1) is 21.1. The highest BCUT2D eigenvalue weighted by molar-refractivity contribution is 5.90. The summed E-state index contributed by atoms with van der Waals surface area (Å²) < 4.78 is 11.5. The molecule has 1 aromatic heterocycles. The lowest BCUT2D eigenvalue weighted by molar-refractivity contribution is -0.135. The minimum atomic E-state index is -0.414. The molecule has 158 valence electrons. The number of carbonyl (C=O) groups excluding carboxylic acids is 1. The van der Waals surface area contributed by atoms with E-state index < -0.39 is 5.97 Å². The molecule has 0 atom stereocenters. The molecule has 0 aliphatic heterocycles. The molecule has 4 heteroatoms. The standard InChI is InChI=1S/C28H23NO3/c1-20-13-15-22(16-14-20)17-25(31-21(2)30)19-29-28-26(23-9-5-3-6-10-23)18-27(32-28)24-11-7-4-8-12-24/h3-19H,1-2H3/b25-17-,29-19+. The third-order valence-corrected chi connectivity index (χ3v) is 4.81. The third kappa shape index (κ3) is 5.29. The van der Waals surface area contributed by atoms with Gasteiger partial charge in [-0.15, -0.1) is 0 Å². The molecule has 32 heavy (non-hydrogen) atoms. The number of esters is 1. The highest BCUT2D eigenvalue weighted by Crippen LogP contribution is 2.37. The van der Waals surface area contributed by atoms with Gasteiger partial charge in [0, 0.05) is 18.1 Å². The van der Waals surface area contributed by atoms with Gasteiger partial charge in [0.25, 0.3) is 0 Å². The Bertz CT molecular complexity index is 1250. The normalized spacial score (nSPS) is 11.6. The largest absolute Gasteiger partial charge is 0.438 e. The molecule has 4 rings (SSSR count). The van der Waals surface area contributed by atoms with Crippen molar-refractivity contribution in [2.45, 2.75) is 13.8 Å². The summed E-state index contributed by atoms with van der Waals surface area (Å²) in [5.74, 6) is 1.07. The summed E-state index contributed by atoms with van der Waals surface area (Å²) in [6.07, 6.45) is 3.29. The zero-order valence-electron chi connectivity index (χ0n) is 18.0. The number of furan rings is 1. The fourth-order valence-corrected chi connectivity index (χ4v) is 3.25. The number of hydrogen-bond donors (Lipinski definition) is 0. The summed E-state index contributed by atoms with van der Waals surface area (Å²) in [6.45, 7) is 3.39. The maximum atomic E-state index is 11.6. The summed E-state index contributed by atoms with van der Waals surface area (Å²) in [4.78, 5) is 16.2. The van der Waals surface area contributed by atoms with Crippen molar-refractivity contribution in [3.63, 3.8) is 0 Å². The van der Waals surface area contributed by atoms with E-state index in [1.165, 1.54) is 13.1 Å². The molecule has 0 saturated heterocycles. The van der Waals surface area contributed by atoms with E-state index in [0.717, 1.165) is 27.8 Å². The summed E-state index contributed by atoms with van der Waals surface area (Å²) in [5, 5.41) is 0. The van der Waals surface area contributed by atoms with E-state index in [1.54, 1.807) is 6.08 Å². The van der Waals surface area contributed by atoms with Crippen LogP contribution in [-0.4, -0.2) is 12.2 Å². The van der Waals surface area contributed by atoms with E-state index in [-0.39, 0.29) is 0 Å². The Morgan fingerprint density at radius 3 is 2.12 bits per heavy atom. The fourth-order valence-electron chi connectivity index (χ4n) is 3.25. The Kier molecular flexibility index (Phi) is 6.42. The number of hydrogen-bond acceptors (Lipinski definition) is 4. The van der Waals surface area contributed by atoms with E-state index >= 15 is 0 Å². The predicted molar refractivity (Wildman–Crippen MR) is 129 cm³/mol. The van der Waals surface area contributed by atoms with Crippen molar-refractivity contribution in [3.8, 4) is 22.5 Å². The van der Waals surface area contributed by atoms with Gasteiger partial charge >= 0.3 is 5.97 Å². The van der Waals surface area contributed by atoms with Crippen molar-refractivity contribution in [1.29, 1.82) is 0 Å². The van der Waals surface area contributed by atoms with Crippen LogP contribution in [0.15, 0.2) is 106 Å². The number of aryl methyl sites for hydroxylation is 1. The Balaban J connectivity index is 1.74. The Labute approximate surface area is 187 Å². The van der Waals surface area contributed by atoms with Crippen molar-refractivity contribution >= 4 is 24.1 Å². The van der Waals surface area contributed by atoms with Gasteiger partial charge in [0.2, 0.25) is 5.88 Å². The molecule has 0 unspecified atom stereocenters. The molecule has 0 spiro atoms. The molecular weight excluding hydrogens is 398 g/mol. The molecule has 0 aliphatic rings. The molecule has 4 nitrogen and oxygen atoms in total. The van der Waals surface area contributed by atoms with Gasteiger partial charge < -0.3 is 9.15 Å². The van der Waals surface area contributed by atoms with Crippen LogP contribution in [0.3, 0.4) is 0 Å². The molecule has 1 heterocycles. The van der Waals surface area contributed by atoms with Gasteiger partial charge in [-0.3, -0.25) is 4.79 Å². The van der Waals surface area contributed by atoms with Crippen molar-refractivity contribution in [2.24, 2.45) is 4.99 Å². The maximum Gasteiger partial charge on any atom is 0.308 e. The lowest BCUT2D eigenvalue weighted by Gasteiger charge is -2.03. The summed E-state index contributed by atoms with van der Waals surface area (Å²) in [5.41, 5.74) is 4.87. The van der Waals surface area contributed by atoms with Crippen LogP contribution < -0.4 is 0 Å². The minimum Gasteiger partial charge on any atom is -0.438 e. The van der Waals surface area contributed by atoms with Gasteiger partial charge in [0.1, 0.15) is 11.5 Å². The number of rotatable bonds is 6. The number of ether oxygens (including phenoxy) is 1. The van der Waals surface area contributed by atoms with Crippen molar-refractivity contribution in [1.82, 2.24) is 0 Å². The molecule has 4 aromatic rings. The number of benzene rings is 3. The van der Waals surface area contributed by atoms with Gasteiger partial charge in [-0.25, -0.2) is 4.99 Å². The lowest BCUT2D eigenvalue weighted by Crippen LogP contribution is -1.99. The monoisotopic (exact) mass is 421 g/mol. The second-order valence-corrected chi connectivity index (χ2v) is 7.37. The SMILES string of the molecule is CC(=O)OC(=C\c1ccc(C)cc1)/C=N/c1oc(-c2ccccc2)cc1-c1ccccc1. The predicted octanol–water partition coefficient (Wildman–Crippen LogP) is 7.23. The fraction of sp³-hybridized carbons (Fsp3) is 0.0714. The Morgan fingerprint density at radius 2 is 1.50 bits per heavy atom. The van der Waals surface area contributed by atoms with Crippen LogP contribution >= 0.6 is 0 Å². The van der Waals surface area contributed by atoms with E-state index in [4.69, 9.17) is 9.15 Å². The average molecular weight is 421 g/mol. The average Bonchev–Trinajstić information content (AvgIpc) is 3.24. The van der Waals surface area contributed by atoms with Crippen molar-refractivity contribution in [3.05, 3.63) is 108 Å². The van der Waals surface area contributed by atoms with Crippen LogP contribution in [0.2, 0.25) is 0 Å². The molecule has 0 N–H and O–H groups in total. The molecule has 3 aromatic carbocycles. The molecule has 0 bridgehead atoms. The lowest BCUT2D eigenvalue weighted by atomic mass is 10.1. The number of nitrogens with zero attached hydrogens (tertiary/aromatic N) is 1. The van der Waals surface area contributed by atoms with Crippen LogP contribution in [0, 0.1) is 6.92 Å². The minimum absolute atomic E-state index is 0.332. The van der Waals surface area contributed by atoms with Gasteiger partial charge in [0.15, 0.2) is 0 Å². The highest BCUT2D eigenvalue weighted by atomic mass is 16.5. The zero-order valence-corrected chi connectivity index (χ0v) is 18.0. The molecule has 0 saturated carbocycles. The smallest absolute Gasteiger partial charge is 0.308 e. The summed E-state index contributed by atoms with van der Waals surface area (Å²) in [6, 6.07) is 29.7. The van der Waals surface area contributed by atoms with Crippen LogP contribution in [-0.2, 0) is 9.53 Å². The third-order valence-electron chi connectivity index (χ3n) is 4.81. The number of allylic oxidation sites excluding steroid dienone is 1. The number of carbonyl (C=O) groups is 1. The van der Waals surface area contributed by atoms with Crippen LogP contribution in [0.5, 0.6) is 0 Å². The Hall–Kier alpha value is -4.18. The zero-order chi connectivity index (χ0) is 22.3. The molecule has 0 radical (unpaired) electrons. The highest BCUT2D eigenvalue weighted by Gasteiger charge is 2.14. The molecular formula is C28H23NO3. The van der Waals surface area contributed by atoms with Crippen molar-refractivity contribution < 1.29 is 13.9 Å². The second kappa shape index (κ2) is 9.75. The van der Waals surface area contributed by atoms with E-state index in [0.29, 0.717) is 17.4 Å². The van der Waals surface area contributed by atoms with Gasteiger partial charge in [-0.1, -0.05) is 90.5 Å². The topological polar surface area (TPSA) is 51.8 Å².